The third-order valence-corrected chi connectivity index (χ3v) is 6.41. The van der Waals surface area contributed by atoms with Gasteiger partial charge in [0, 0.05) is 23.1 Å². The number of nitrogens with one attached hydrogen (secondary N) is 2. The van der Waals surface area contributed by atoms with Gasteiger partial charge in [0.05, 0.1) is 20.3 Å². The molecule has 1 aromatic heterocycles. The van der Waals surface area contributed by atoms with Gasteiger partial charge in [0.15, 0.2) is 0 Å². The van der Waals surface area contributed by atoms with E-state index in [9.17, 15) is 10.1 Å². The van der Waals surface area contributed by atoms with Gasteiger partial charge in [-0.15, -0.1) is 11.3 Å². The lowest BCUT2D eigenvalue weighted by Gasteiger charge is -2.06. The zero-order chi connectivity index (χ0) is 22.7. The fourth-order valence-electron chi connectivity index (χ4n) is 2.94. The third-order valence-electron chi connectivity index (χ3n) is 4.60. The third kappa shape index (κ3) is 4.92. The Kier molecular flexibility index (Phi) is 6.42. The summed E-state index contributed by atoms with van der Waals surface area (Å²) in [5.41, 5.74) is 4.28. The van der Waals surface area contributed by atoms with E-state index in [1.807, 2.05) is 36.4 Å². The Hall–Kier alpha value is -3.37. The second-order valence-corrected chi connectivity index (χ2v) is 8.81. The highest BCUT2D eigenvalue weighted by atomic mass is 35.5. The Bertz CT molecular complexity index is 1390. The maximum atomic E-state index is 12.4. The smallest absolute Gasteiger partial charge is 0.267 e. The van der Waals surface area contributed by atoms with Crippen molar-refractivity contribution in [3.63, 3.8) is 0 Å². The zero-order valence-electron chi connectivity index (χ0n) is 16.8. The molecule has 0 aliphatic carbocycles. The van der Waals surface area contributed by atoms with E-state index in [0.717, 1.165) is 26.5 Å². The van der Waals surface area contributed by atoms with Gasteiger partial charge in [0.2, 0.25) is 0 Å². The van der Waals surface area contributed by atoms with Gasteiger partial charge in [-0.1, -0.05) is 29.3 Å². The van der Waals surface area contributed by atoms with E-state index < -0.39 is 5.91 Å². The summed E-state index contributed by atoms with van der Waals surface area (Å²) in [7, 11) is 0. The molecule has 0 spiro atoms. The number of hydrogen-bond donors (Lipinski definition) is 2. The number of thiazole rings is 1. The fraction of sp³-hybridized carbons (Fsp3) is 0.0417. The van der Waals surface area contributed by atoms with E-state index in [4.69, 9.17) is 23.2 Å². The lowest BCUT2D eigenvalue weighted by molar-refractivity contribution is -0.112. The lowest BCUT2D eigenvalue weighted by Crippen LogP contribution is -2.14. The number of nitrogens with zero attached hydrogens (tertiary/aromatic N) is 2. The Morgan fingerprint density at radius 2 is 1.78 bits per heavy atom. The number of hydrogen-bond acceptors (Lipinski definition) is 5. The summed E-state index contributed by atoms with van der Waals surface area (Å²) in [5, 5.41) is 16.6. The van der Waals surface area contributed by atoms with Crippen molar-refractivity contribution in [2.45, 2.75) is 6.92 Å². The van der Waals surface area contributed by atoms with Crippen molar-refractivity contribution in [2.24, 2.45) is 0 Å². The Balaban J connectivity index is 1.46. The summed E-state index contributed by atoms with van der Waals surface area (Å²) in [5.74, 6) is -0.556. The van der Waals surface area contributed by atoms with Crippen LogP contribution < -0.4 is 10.6 Å². The van der Waals surface area contributed by atoms with Gasteiger partial charge in [-0.3, -0.25) is 4.79 Å². The van der Waals surface area contributed by atoms with Gasteiger partial charge in [-0.2, -0.15) is 5.26 Å². The average molecular weight is 479 g/mol. The van der Waals surface area contributed by atoms with E-state index in [-0.39, 0.29) is 5.57 Å². The van der Waals surface area contributed by atoms with Gasteiger partial charge in [0.1, 0.15) is 16.6 Å². The van der Waals surface area contributed by atoms with Crippen LogP contribution in [0.15, 0.2) is 72.4 Å². The van der Waals surface area contributed by atoms with Crippen LogP contribution in [-0.2, 0) is 4.79 Å². The molecular weight excluding hydrogens is 463 g/mol. The molecule has 0 bridgehead atoms. The highest BCUT2D eigenvalue weighted by molar-refractivity contribution is 7.21. The van der Waals surface area contributed by atoms with Crippen LogP contribution >= 0.6 is 34.5 Å². The first-order valence-corrected chi connectivity index (χ1v) is 11.1. The molecular formula is C24H16Cl2N4OS. The molecule has 4 aromatic rings. The number of nitriles is 1. The van der Waals surface area contributed by atoms with E-state index in [1.165, 1.54) is 17.8 Å². The van der Waals surface area contributed by atoms with Crippen LogP contribution in [-0.4, -0.2) is 10.9 Å². The summed E-state index contributed by atoms with van der Waals surface area (Å²) >= 11 is 13.5. The average Bonchev–Trinajstić information content (AvgIpc) is 3.20. The van der Waals surface area contributed by atoms with Crippen molar-refractivity contribution in [2.75, 3.05) is 10.6 Å². The summed E-state index contributed by atoms with van der Waals surface area (Å²) < 4.78 is 1.15. The van der Waals surface area contributed by atoms with Crippen LogP contribution in [0, 0.1) is 18.3 Å². The first-order valence-electron chi connectivity index (χ1n) is 9.54. The molecule has 0 saturated carbocycles. The lowest BCUT2D eigenvalue weighted by atomic mass is 10.2. The Morgan fingerprint density at radius 3 is 2.50 bits per heavy atom. The highest BCUT2D eigenvalue weighted by Gasteiger charge is 2.11. The number of aryl methyl sites for hydroxylation is 1. The number of rotatable bonds is 5. The number of carbonyl (C=O) groups is 1. The molecule has 2 N–H and O–H groups in total. The molecule has 4 rings (SSSR count). The van der Waals surface area contributed by atoms with E-state index in [2.05, 4.69) is 34.7 Å². The molecule has 1 amide bonds. The molecule has 0 aliphatic heterocycles. The van der Waals surface area contributed by atoms with E-state index in [1.54, 1.807) is 23.5 Å². The zero-order valence-corrected chi connectivity index (χ0v) is 19.1. The van der Waals surface area contributed by atoms with Crippen molar-refractivity contribution < 1.29 is 4.79 Å². The van der Waals surface area contributed by atoms with Crippen LogP contribution in [0.25, 0.3) is 20.8 Å². The second-order valence-electron chi connectivity index (χ2n) is 6.96. The topological polar surface area (TPSA) is 77.8 Å². The SMILES string of the molecule is Cc1ccc2nc(-c3ccc(N/C=C(/C#N)C(=O)Nc4ccc(Cl)c(Cl)c4)cc3)sc2c1. The van der Waals surface area contributed by atoms with E-state index in [0.29, 0.717) is 15.7 Å². The number of benzene rings is 3. The first kappa shape index (κ1) is 21.8. The molecule has 5 nitrogen and oxygen atoms in total. The fourth-order valence-corrected chi connectivity index (χ4v) is 4.31. The van der Waals surface area contributed by atoms with Gasteiger partial charge in [0.25, 0.3) is 5.91 Å². The number of fused-ring (bicyclic) bond motifs is 1. The second kappa shape index (κ2) is 9.41. The minimum atomic E-state index is -0.556. The van der Waals surface area contributed by atoms with Crippen LogP contribution in [0.1, 0.15) is 5.56 Å². The molecule has 32 heavy (non-hydrogen) atoms. The predicted molar refractivity (Wildman–Crippen MR) is 132 cm³/mol. The molecule has 0 radical (unpaired) electrons. The summed E-state index contributed by atoms with van der Waals surface area (Å²) in [4.78, 5) is 17.1. The molecule has 1 heterocycles. The van der Waals surface area contributed by atoms with Crippen molar-refractivity contribution in [1.82, 2.24) is 4.98 Å². The molecule has 0 unspecified atom stereocenters. The quantitative estimate of drug-likeness (QED) is 0.238. The first-order chi connectivity index (χ1) is 15.4. The van der Waals surface area contributed by atoms with Gasteiger partial charge in [-0.05, 0) is 67.1 Å². The van der Waals surface area contributed by atoms with Crippen LogP contribution in [0.3, 0.4) is 0 Å². The van der Waals surface area contributed by atoms with Crippen LogP contribution in [0.5, 0.6) is 0 Å². The molecule has 8 heteroatoms. The minimum absolute atomic E-state index is 0.0818. The van der Waals surface area contributed by atoms with Gasteiger partial charge >= 0.3 is 0 Å². The Labute approximate surface area is 198 Å². The molecule has 0 aliphatic rings. The summed E-state index contributed by atoms with van der Waals surface area (Å²) in [6.07, 6.45) is 1.36. The summed E-state index contributed by atoms with van der Waals surface area (Å²) in [6, 6.07) is 20.4. The van der Waals surface area contributed by atoms with Crippen molar-refractivity contribution in [3.05, 3.63) is 88.0 Å². The molecule has 0 fully saturated rings. The van der Waals surface area contributed by atoms with Crippen molar-refractivity contribution in [3.8, 4) is 16.6 Å². The molecule has 3 aromatic carbocycles. The summed E-state index contributed by atoms with van der Waals surface area (Å²) in [6.45, 7) is 2.06. The number of halogens is 2. The maximum Gasteiger partial charge on any atom is 0.267 e. The van der Waals surface area contributed by atoms with Crippen molar-refractivity contribution >= 4 is 62.0 Å². The maximum absolute atomic E-state index is 12.4. The van der Waals surface area contributed by atoms with Crippen molar-refractivity contribution in [1.29, 1.82) is 5.26 Å². The van der Waals surface area contributed by atoms with Crippen LogP contribution in [0.4, 0.5) is 11.4 Å². The predicted octanol–water partition coefficient (Wildman–Crippen LogP) is 7.04. The standard InChI is InChI=1S/C24H16Cl2N4OS/c1-14-2-9-21-22(10-14)32-24(30-21)15-3-5-17(6-4-15)28-13-16(12-27)23(31)29-18-7-8-19(25)20(26)11-18/h2-11,13,28H,1H3,(H,29,31)/b16-13-. The highest BCUT2D eigenvalue weighted by Crippen LogP contribution is 2.31. The van der Waals surface area contributed by atoms with Gasteiger partial charge < -0.3 is 10.6 Å². The molecule has 158 valence electrons. The minimum Gasteiger partial charge on any atom is -0.360 e. The number of carbonyl (C=O) groups excluding carboxylic acids is 1. The monoisotopic (exact) mass is 478 g/mol. The van der Waals surface area contributed by atoms with Crippen LogP contribution in [0.2, 0.25) is 10.0 Å². The molecule has 0 saturated heterocycles. The van der Waals surface area contributed by atoms with Gasteiger partial charge in [-0.25, -0.2) is 4.98 Å². The number of amides is 1. The normalized spacial score (nSPS) is 11.2. The number of aromatic nitrogens is 1. The Morgan fingerprint density at radius 1 is 1.03 bits per heavy atom. The molecule has 0 atom stereocenters. The number of anilines is 2. The largest absolute Gasteiger partial charge is 0.360 e. The van der Waals surface area contributed by atoms with E-state index >= 15 is 0 Å².